The van der Waals surface area contributed by atoms with Gasteiger partial charge in [-0.3, -0.25) is 4.79 Å². The van der Waals surface area contributed by atoms with Gasteiger partial charge in [0.2, 0.25) is 5.91 Å². The standard InChI is InChI=1S/C17H25NO4/c1-6-11(2)17(4,16(20)21)18-15(19)12(3)13-7-9-14(22-5)10-8-13/h7-12H,6H2,1-5H3,(H,18,19)(H,20,21). The fourth-order valence-corrected chi connectivity index (χ4v) is 2.20. The Balaban J connectivity index is 2.91. The summed E-state index contributed by atoms with van der Waals surface area (Å²) in [5, 5.41) is 12.2. The summed E-state index contributed by atoms with van der Waals surface area (Å²) in [7, 11) is 1.58. The number of nitrogens with one attached hydrogen (secondary N) is 1. The molecule has 1 aromatic rings. The number of carboxylic acid groups (broad SMARTS) is 1. The van der Waals surface area contributed by atoms with E-state index in [0.717, 1.165) is 5.56 Å². The van der Waals surface area contributed by atoms with Crippen molar-refractivity contribution in [2.45, 2.75) is 45.6 Å². The van der Waals surface area contributed by atoms with Gasteiger partial charge in [0.1, 0.15) is 11.3 Å². The Bertz CT molecular complexity index is 526. The number of carbonyl (C=O) groups is 2. The maximum absolute atomic E-state index is 12.4. The molecule has 3 atom stereocenters. The number of hydrogen-bond donors (Lipinski definition) is 2. The van der Waals surface area contributed by atoms with Crippen LogP contribution in [0.2, 0.25) is 0 Å². The molecular formula is C17H25NO4. The molecule has 5 heteroatoms. The third kappa shape index (κ3) is 3.78. The van der Waals surface area contributed by atoms with E-state index >= 15 is 0 Å². The van der Waals surface area contributed by atoms with Crippen LogP contribution >= 0.6 is 0 Å². The van der Waals surface area contributed by atoms with Gasteiger partial charge < -0.3 is 15.2 Å². The highest BCUT2D eigenvalue weighted by Gasteiger charge is 2.40. The average Bonchev–Trinajstić information content (AvgIpc) is 2.52. The van der Waals surface area contributed by atoms with Gasteiger partial charge in [-0.05, 0) is 37.5 Å². The molecule has 0 fully saturated rings. The maximum Gasteiger partial charge on any atom is 0.329 e. The Morgan fingerprint density at radius 2 is 1.82 bits per heavy atom. The predicted molar refractivity (Wildman–Crippen MR) is 85.0 cm³/mol. The molecule has 1 amide bonds. The van der Waals surface area contributed by atoms with Crippen LogP contribution in [0.25, 0.3) is 0 Å². The number of rotatable bonds is 7. The first-order chi connectivity index (χ1) is 10.3. The second-order valence-electron chi connectivity index (χ2n) is 5.80. The zero-order valence-electron chi connectivity index (χ0n) is 13.8. The Labute approximate surface area is 131 Å². The second kappa shape index (κ2) is 7.29. The van der Waals surface area contributed by atoms with Crippen LogP contribution in [-0.4, -0.2) is 29.6 Å². The van der Waals surface area contributed by atoms with Gasteiger partial charge in [0.25, 0.3) is 0 Å². The van der Waals surface area contributed by atoms with Crippen LogP contribution in [0.3, 0.4) is 0 Å². The van der Waals surface area contributed by atoms with Crippen LogP contribution in [0, 0.1) is 5.92 Å². The molecule has 0 bridgehead atoms. The minimum absolute atomic E-state index is 0.169. The lowest BCUT2D eigenvalue weighted by atomic mass is 9.84. The largest absolute Gasteiger partial charge is 0.497 e. The molecule has 1 aromatic carbocycles. The van der Waals surface area contributed by atoms with Gasteiger partial charge in [0, 0.05) is 0 Å². The summed E-state index contributed by atoms with van der Waals surface area (Å²) < 4.78 is 5.09. The van der Waals surface area contributed by atoms with Gasteiger partial charge in [-0.2, -0.15) is 0 Å². The van der Waals surface area contributed by atoms with Crippen molar-refractivity contribution in [2.24, 2.45) is 5.92 Å². The van der Waals surface area contributed by atoms with Crippen LogP contribution in [-0.2, 0) is 9.59 Å². The number of ether oxygens (including phenoxy) is 1. The van der Waals surface area contributed by atoms with E-state index < -0.39 is 17.4 Å². The summed E-state index contributed by atoms with van der Waals surface area (Å²) in [6.45, 7) is 7.05. The third-order valence-corrected chi connectivity index (χ3v) is 4.43. The number of carboxylic acids is 1. The van der Waals surface area contributed by atoms with Crippen LogP contribution < -0.4 is 10.1 Å². The lowest BCUT2D eigenvalue weighted by molar-refractivity contribution is -0.149. The van der Waals surface area contributed by atoms with Gasteiger partial charge in [-0.25, -0.2) is 4.79 Å². The summed E-state index contributed by atoms with van der Waals surface area (Å²) >= 11 is 0. The molecule has 22 heavy (non-hydrogen) atoms. The van der Waals surface area contributed by atoms with E-state index in [4.69, 9.17) is 4.74 Å². The van der Waals surface area contributed by atoms with E-state index in [2.05, 4.69) is 5.32 Å². The second-order valence-corrected chi connectivity index (χ2v) is 5.80. The molecule has 0 radical (unpaired) electrons. The quantitative estimate of drug-likeness (QED) is 0.812. The third-order valence-electron chi connectivity index (χ3n) is 4.43. The number of carbonyl (C=O) groups excluding carboxylic acids is 1. The van der Waals surface area contributed by atoms with Gasteiger partial charge in [0.15, 0.2) is 0 Å². The van der Waals surface area contributed by atoms with E-state index in [-0.39, 0.29) is 11.8 Å². The zero-order chi connectivity index (χ0) is 16.9. The molecule has 0 aliphatic heterocycles. The van der Waals surface area contributed by atoms with Gasteiger partial charge in [0.05, 0.1) is 13.0 Å². The van der Waals surface area contributed by atoms with E-state index in [1.54, 1.807) is 33.1 Å². The van der Waals surface area contributed by atoms with Crippen LogP contribution in [0.5, 0.6) is 5.75 Å². The summed E-state index contributed by atoms with van der Waals surface area (Å²) in [6, 6.07) is 7.18. The van der Waals surface area contributed by atoms with Gasteiger partial charge in [-0.1, -0.05) is 32.4 Å². The highest BCUT2D eigenvalue weighted by Crippen LogP contribution is 2.24. The molecule has 0 aliphatic rings. The van der Waals surface area contributed by atoms with Crippen LogP contribution in [0.4, 0.5) is 0 Å². The van der Waals surface area contributed by atoms with E-state index in [0.29, 0.717) is 12.2 Å². The molecule has 0 aliphatic carbocycles. The van der Waals surface area contributed by atoms with E-state index in [1.807, 2.05) is 26.0 Å². The summed E-state index contributed by atoms with van der Waals surface area (Å²) in [4.78, 5) is 24.0. The Morgan fingerprint density at radius 1 is 1.27 bits per heavy atom. The average molecular weight is 307 g/mol. The normalized spacial score (nSPS) is 16.2. The minimum atomic E-state index is -1.27. The number of aliphatic carboxylic acids is 1. The molecule has 5 nitrogen and oxygen atoms in total. The van der Waals surface area contributed by atoms with Crippen molar-refractivity contribution in [2.75, 3.05) is 7.11 Å². The number of benzene rings is 1. The van der Waals surface area contributed by atoms with E-state index in [9.17, 15) is 14.7 Å². The van der Waals surface area contributed by atoms with Crippen molar-refractivity contribution in [3.8, 4) is 5.75 Å². The first-order valence-corrected chi connectivity index (χ1v) is 7.45. The summed E-state index contributed by atoms with van der Waals surface area (Å²) in [5.41, 5.74) is -0.456. The lowest BCUT2D eigenvalue weighted by Crippen LogP contribution is -2.57. The van der Waals surface area contributed by atoms with Crippen LogP contribution in [0.1, 0.15) is 45.6 Å². The van der Waals surface area contributed by atoms with Crippen molar-refractivity contribution in [1.82, 2.24) is 5.32 Å². The van der Waals surface area contributed by atoms with Gasteiger partial charge in [-0.15, -0.1) is 0 Å². The summed E-state index contributed by atoms with van der Waals surface area (Å²) in [6.07, 6.45) is 0.667. The molecule has 0 spiro atoms. The molecule has 0 aromatic heterocycles. The Morgan fingerprint density at radius 3 is 2.23 bits per heavy atom. The molecule has 0 heterocycles. The van der Waals surface area contributed by atoms with Crippen molar-refractivity contribution < 1.29 is 19.4 Å². The van der Waals surface area contributed by atoms with Crippen molar-refractivity contribution >= 4 is 11.9 Å². The zero-order valence-corrected chi connectivity index (χ0v) is 13.8. The summed E-state index contributed by atoms with van der Waals surface area (Å²) in [5.74, 6) is -1.20. The fraction of sp³-hybridized carbons (Fsp3) is 0.529. The topological polar surface area (TPSA) is 75.6 Å². The number of amides is 1. The van der Waals surface area contributed by atoms with Crippen molar-refractivity contribution in [3.05, 3.63) is 29.8 Å². The molecule has 3 unspecified atom stereocenters. The van der Waals surface area contributed by atoms with Crippen molar-refractivity contribution in [1.29, 1.82) is 0 Å². The first kappa shape index (κ1) is 18.0. The van der Waals surface area contributed by atoms with Gasteiger partial charge >= 0.3 is 5.97 Å². The van der Waals surface area contributed by atoms with E-state index in [1.165, 1.54) is 0 Å². The number of methoxy groups -OCH3 is 1. The monoisotopic (exact) mass is 307 g/mol. The predicted octanol–water partition coefficient (Wildman–Crippen LogP) is 2.80. The van der Waals surface area contributed by atoms with Crippen LogP contribution in [0.15, 0.2) is 24.3 Å². The molecule has 1 rings (SSSR count). The van der Waals surface area contributed by atoms with Crippen molar-refractivity contribution in [3.63, 3.8) is 0 Å². The Kier molecular flexibility index (Phi) is 5.97. The fourth-order valence-electron chi connectivity index (χ4n) is 2.20. The Hall–Kier alpha value is -2.04. The molecule has 122 valence electrons. The highest BCUT2D eigenvalue weighted by molar-refractivity contribution is 5.90. The smallest absolute Gasteiger partial charge is 0.329 e. The maximum atomic E-state index is 12.4. The molecule has 0 saturated heterocycles. The minimum Gasteiger partial charge on any atom is -0.497 e. The molecule has 0 saturated carbocycles. The number of hydrogen-bond acceptors (Lipinski definition) is 3. The SMILES string of the molecule is CCC(C)C(C)(NC(=O)C(C)c1ccc(OC)cc1)C(=O)O. The first-order valence-electron chi connectivity index (χ1n) is 7.45. The molecule has 2 N–H and O–H groups in total. The molecular weight excluding hydrogens is 282 g/mol. The highest BCUT2D eigenvalue weighted by atomic mass is 16.5. The lowest BCUT2D eigenvalue weighted by Gasteiger charge is -2.33.